The Labute approximate surface area is 167 Å². The molecule has 0 atom stereocenters. The summed E-state index contributed by atoms with van der Waals surface area (Å²) in [5.74, 6) is 1.53. The van der Waals surface area contributed by atoms with Crippen LogP contribution in [0.2, 0.25) is 0 Å². The summed E-state index contributed by atoms with van der Waals surface area (Å²) in [5.41, 5.74) is 0.531. The van der Waals surface area contributed by atoms with Crippen LogP contribution in [0.3, 0.4) is 0 Å². The molecule has 0 N–H and O–H groups in total. The van der Waals surface area contributed by atoms with E-state index in [9.17, 15) is 18.0 Å². The first-order valence-electron chi connectivity index (χ1n) is 10.2. The zero-order chi connectivity index (χ0) is 20.8. The summed E-state index contributed by atoms with van der Waals surface area (Å²) in [4.78, 5) is 19.0. The summed E-state index contributed by atoms with van der Waals surface area (Å²) in [5, 5.41) is 3.56. The number of halogens is 3. The third-order valence-corrected chi connectivity index (χ3v) is 6.22. The fraction of sp³-hybridized carbons (Fsp3) is 0.650. The van der Waals surface area contributed by atoms with Gasteiger partial charge in [-0.3, -0.25) is 9.48 Å². The molecule has 1 saturated carbocycles. The van der Waals surface area contributed by atoms with Gasteiger partial charge in [0, 0.05) is 42.6 Å². The van der Waals surface area contributed by atoms with Crippen molar-refractivity contribution in [1.29, 1.82) is 0 Å². The highest BCUT2D eigenvalue weighted by Gasteiger charge is 2.35. The molecule has 1 aliphatic carbocycles. The highest BCUT2D eigenvalue weighted by molar-refractivity contribution is 5.76. The Morgan fingerprint density at radius 3 is 2.38 bits per heavy atom. The lowest BCUT2D eigenvalue weighted by molar-refractivity contribution is -0.142. The molecule has 1 amide bonds. The monoisotopic (exact) mass is 409 g/mol. The molecule has 0 spiro atoms. The zero-order valence-electron chi connectivity index (χ0n) is 16.7. The largest absolute Gasteiger partial charge is 0.435 e. The van der Waals surface area contributed by atoms with Crippen molar-refractivity contribution in [3.05, 3.63) is 35.2 Å². The van der Waals surface area contributed by atoms with Crippen molar-refractivity contribution < 1.29 is 18.0 Å². The van der Waals surface area contributed by atoms with Crippen LogP contribution in [0.25, 0.3) is 0 Å². The number of hydrogen-bond acceptors (Lipinski definition) is 3. The maximum absolute atomic E-state index is 12.8. The van der Waals surface area contributed by atoms with Crippen LogP contribution in [0.4, 0.5) is 13.2 Å². The molecule has 0 aromatic carbocycles. The van der Waals surface area contributed by atoms with Crippen LogP contribution < -0.4 is 0 Å². The number of aromatic nitrogens is 4. The summed E-state index contributed by atoms with van der Waals surface area (Å²) in [6.45, 7) is 4.64. The Bertz CT molecular complexity index is 889. The highest BCUT2D eigenvalue weighted by Crippen LogP contribution is 2.38. The van der Waals surface area contributed by atoms with E-state index in [0.29, 0.717) is 30.7 Å². The molecular formula is C20H26F3N5O. The number of alkyl halides is 3. The molecule has 1 saturated heterocycles. The van der Waals surface area contributed by atoms with Crippen molar-refractivity contribution in [3.63, 3.8) is 0 Å². The quantitative estimate of drug-likeness (QED) is 0.771. The van der Waals surface area contributed by atoms with Crippen LogP contribution in [0.15, 0.2) is 12.3 Å². The highest BCUT2D eigenvalue weighted by atomic mass is 19.4. The molecule has 6 nitrogen and oxygen atoms in total. The molecule has 0 radical (unpaired) electrons. The fourth-order valence-corrected chi connectivity index (χ4v) is 4.32. The van der Waals surface area contributed by atoms with Gasteiger partial charge < -0.3 is 9.47 Å². The molecule has 2 aromatic rings. The van der Waals surface area contributed by atoms with E-state index in [1.54, 1.807) is 4.90 Å². The van der Waals surface area contributed by atoms with Crippen molar-refractivity contribution in [3.8, 4) is 0 Å². The molecule has 0 bridgehead atoms. The molecule has 2 aliphatic rings. The van der Waals surface area contributed by atoms with E-state index in [0.717, 1.165) is 29.3 Å². The second-order valence-electron chi connectivity index (χ2n) is 8.19. The lowest BCUT2D eigenvalue weighted by Crippen LogP contribution is -2.41. The van der Waals surface area contributed by atoms with E-state index in [1.807, 2.05) is 6.20 Å². The third-order valence-electron chi connectivity index (χ3n) is 6.22. The number of aryl methyl sites for hydroxylation is 2. The normalized spacial score (nSPS) is 18.9. The molecule has 29 heavy (non-hydrogen) atoms. The summed E-state index contributed by atoms with van der Waals surface area (Å²) >= 11 is 0. The number of carbonyl (C=O) groups is 1. The van der Waals surface area contributed by atoms with Crippen LogP contribution >= 0.6 is 0 Å². The number of imidazole rings is 1. The maximum atomic E-state index is 12.8. The minimum Gasteiger partial charge on any atom is -0.341 e. The van der Waals surface area contributed by atoms with Gasteiger partial charge in [-0.1, -0.05) is 6.42 Å². The van der Waals surface area contributed by atoms with Crippen LogP contribution in [0, 0.1) is 13.8 Å². The Hall–Kier alpha value is -2.32. The smallest absolute Gasteiger partial charge is 0.341 e. The summed E-state index contributed by atoms with van der Waals surface area (Å²) in [6.07, 6.45) is 2.73. The van der Waals surface area contributed by atoms with E-state index in [2.05, 4.69) is 21.6 Å². The Balaban J connectivity index is 1.38. The van der Waals surface area contributed by atoms with Gasteiger partial charge >= 0.3 is 6.18 Å². The summed E-state index contributed by atoms with van der Waals surface area (Å²) in [7, 11) is 0. The SMILES string of the molecule is Cc1cc(C(F)(F)F)nn1CC(=O)N1CCC(n2c(C)cnc2C2CCC2)CC1. The van der Waals surface area contributed by atoms with Gasteiger partial charge in [-0.2, -0.15) is 18.3 Å². The van der Waals surface area contributed by atoms with Crippen molar-refractivity contribution in [2.75, 3.05) is 13.1 Å². The number of hydrogen-bond donors (Lipinski definition) is 0. The molecule has 0 unspecified atom stereocenters. The van der Waals surface area contributed by atoms with E-state index in [-0.39, 0.29) is 12.5 Å². The Kier molecular flexibility index (Phi) is 5.16. The number of likely N-dealkylation sites (tertiary alicyclic amines) is 1. The number of nitrogens with zero attached hydrogens (tertiary/aromatic N) is 5. The van der Waals surface area contributed by atoms with E-state index < -0.39 is 11.9 Å². The van der Waals surface area contributed by atoms with Gasteiger partial charge in [-0.05, 0) is 45.6 Å². The van der Waals surface area contributed by atoms with Gasteiger partial charge in [0.1, 0.15) is 12.4 Å². The van der Waals surface area contributed by atoms with Gasteiger partial charge in [0.05, 0.1) is 0 Å². The molecule has 2 fully saturated rings. The lowest BCUT2D eigenvalue weighted by Gasteiger charge is -2.36. The molecule has 4 rings (SSSR count). The molecule has 9 heteroatoms. The zero-order valence-corrected chi connectivity index (χ0v) is 16.7. The number of rotatable bonds is 4. The van der Waals surface area contributed by atoms with Gasteiger partial charge in [-0.25, -0.2) is 4.98 Å². The van der Waals surface area contributed by atoms with Crippen LogP contribution in [-0.2, 0) is 17.5 Å². The topological polar surface area (TPSA) is 56.0 Å². The Morgan fingerprint density at radius 1 is 1.14 bits per heavy atom. The number of amides is 1. The number of carbonyl (C=O) groups excluding carboxylic acids is 1. The van der Waals surface area contributed by atoms with E-state index in [1.165, 1.54) is 32.0 Å². The van der Waals surface area contributed by atoms with Crippen molar-refractivity contribution in [1.82, 2.24) is 24.2 Å². The van der Waals surface area contributed by atoms with Gasteiger partial charge in [0.15, 0.2) is 5.69 Å². The van der Waals surface area contributed by atoms with Gasteiger partial charge in [0.2, 0.25) is 5.91 Å². The average molecular weight is 409 g/mol. The van der Waals surface area contributed by atoms with Crippen molar-refractivity contribution in [2.45, 2.75) is 70.6 Å². The predicted molar refractivity (Wildman–Crippen MR) is 100 cm³/mol. The fourth-order valence-electron chi connectivity index (χ4n) is 4.32. The van der Waals surface area contributed by atoms with Crippen LogP contribution in [0.1, 0.15) is 67.0 Å². The minimum atomic E-state index is -4.50. The standard InChI is InChI=1S/C20H26F3N5O/c1-13-10-17(20(21,22)23)25-27(13)12-18(29)26-8-6-16(7-9-26)28-14(2)11-24-19(28)15-4-3-5-15/h10-11,15-16H,3-9,12H2,1-2H3. The first kappa shape index (κ1) is 20.0. The second-order valence-corrected chi connectivity index (χ2v) is 8.19. The predicted octanol–water partition coefficient (Wildman–Crippen LogP) is 3.85. The molecule has 3 heterocycles. The van der Waals surface area contributed by atoms with Crippen LogP contribution in [-0.4, -0.2) is 43.2 Å². The third kappa shape index (κ3) is 3.91. The minimum absolute atomic E-state index is 0.163. The molecular weight excluding hydrogens is 383 g/mol. The first-order chi connectivity index (χ1) is 13.7. The first-order valence-corrected chi connectivity index (χ1v) is 10.2. The van der Waals surface area contributed by atoms with E-state index in [4.69, 9.17) is 0 Å². The van der Waals surface area contributed by atoms with Gasteiger partial charge in [0.25, 0.3) is 0 Å². The van der Waals surface area contributed by atoms with Crippen molar-refractivity contribution >= 4 is 5.91 Å². The van der Waals surface area contributed by atoms with Crippen LogP contribution in [0.5, 0.6) is 0 Å². The Morgan fingerprint density at radius 2 is 1.83 bits per heavy atom. The summed E-state index contributed by atoms with van der Waals surface area (Å²) < 4.78 is 42.0. The average Bonchev–Trinajstić information content (AvgIpc) is 3.17. The maximum Gasteiger partial charge on any atom is 0.435 e. The van der Waals surface area contributed by atoms with E-state index >= 15 is 0 Å². The van der Waals surface area contributed by atoms with Crippen molar-refractivity contribution in [2.24, 2.45) is 0 Å². The molecule has 1 aliphatic heterocycles. The second kappa shape index (κ2) is 7.50. The molecule has 158 valence electrons. The molecule has 2 aromatic heterocycles. The van der Waals surface area contributed by atoms with Gasteiger partial charge in [-0.15, -0.1) is 0 Å². The number of piperidine rings is 1. The summed E-state index contributed by atoms with van der Waals surface area (Å²) in [6, 6.07) is 1.30. The lowest BCUT2D eigenvalue weighted by atomic mass is 9.84.